The molecule has 0 heterocycles. The molecule has 0 radical (unpaired) electrons. The maximum atomic E-state index is 3.46. The zero-order chi connectivity index (χ0) is 9.68. The fourth-order valence-electron chi connectivity index (χ4n) is 1.17. The average Bonchev–Trinajstić information content (AvgIpc) is 2.04. The lowest BCUT2D eigenvalue weighted by Crippen LogP contribution is -2.19. The summed E-state index contributed by atoms with van der Waals surface area (Å²) in [4.78, 5) is 2.29. The summed E-state index contributed by atoms with van der Waals surface area (Å²) in [5, 5.41) is 1.03. The van der Waals surface area contributed by atoms with Crippen LogP contribution in [-0.2, 0) is 6.54 Å². The van der Waals surface area contributed by atoms with Gasteiger partial charge in [-0.05, 0) is 24.7 Å². The SMILES string of the molecule is CN(CCBr)Cc1cccc(Br)c1. The third kappa shape index (κ3) is 4.25. The van der Waals surface area contributed by atoms with Crippen molar-refractivity contribution in [2.75, 3.05) is 18.9 Å². The summed E-state index contributed by atoms with van der Waals surface area (Å²) < 4.78 is 1.15. The van der Waals surface area contributed by atoms with Crippen LogP contribution in [0.1, 0.15) is 5.56 Å². The second-order valence-electron chi connectivity index (χ2n) is 3.06. The van der Waals surface area contributed by atoms with Gasteiger partial charge in [0.25, 0.3) is 0 Å². The second-order valence-corrected chi connectivity index (χ2v) is 4.77. The minimum Gasteiger partial charge on any atom is -0.301 e. The molecule has 1 rings (SSSR count). The first-order valence-corrected chi connectivity index (χ1v) is 6.13. The van der Waals surface area contributed by atoms with E-state index in [1.165, 1.54) is 5.56 Å². The zero-order valence-electron chi connectivity index (χ0n) is 7.63. The van der Waals surface area contributed by atoms with Crippen LogP contribution in [0.25, 0.3) is 0 Å². The highest BCUT2D eigenvalue weighted by Crippen LogP contribution is 2.12. The molecular weight excluding hydrogens is 294 g/mol. The van der Waals surface area contributed by atoms with E-state index in [0.717, 1.165) is 22.9 Å². The van der Waals surface area contributed by atoms with E-state index < -0.39 is 0 Å². The summed E-state index contributed by atoms with van der Waals surface area (Å²) >= 11 is 6.89. The normalized spacial score (nSPS) is 10.8. The summed E-state index contributed by atoms with van der Waals surface area (Å²) in [7, 11) is 2.13. The predicted octanol–water partition coefficient (Wildman–Crippen LogP) is 3.28. The lowest BCUT2D eigenvalue weighted by molar-refractivity contribution is 0.349. The van der Waals surface area contributed by atoms with Crippen molar-refractivity contribution in [2.24, 2.45) is 0 Å². The highest BCUT2D eigenvalue weighted by molar-refractivity contribution is 9.10. The van der Waals surface area contributed by atoms with E-state index in [2.05, 4.69) is 62.0 Å². The third-order valence-electron chi connectivity index (χ3n) is 1.81. The Kier molecular flexibility index (Phi) is 4.99. The molecule has 0 aromatic heterocycles. The topological polar surface area (TPSA) is 3.24 Å². The van der Waals surface area contributed by atoms with Crippen molar-refractivity contribution < 1.29 is 0 Å². The number of hydrogen-bond donors (Lipinski definition) is 0. The Labute approximate surface area is 96.4 Å². The minimum absolute atomic E-state index is 1.00. The monoisotopic (exact) mass is 305 g/mol. The molecule has 1 nitrogen and oxygen atoms in total. The van der Waals surface area contributed by atoms with Crippen molar-refractivity contribution in [3.63, 3.8) is 0 Å². The standard InChI is InChI=1S/C10H13Br2N/c1-13(6-5-11)8-9-3-2-4-10(12)7-9/h2-4,7H,5-6,8H2,1H3. The largest absolute Gasteiger partial charge is 0.301 e. The smallest absolute Gasteiger partial charge is 0.0231 e. The van der Waals surface area contributed by atoms with Gasteiger partial charge in [-0.2, -0.15) is 0 Å². The van der Waals surface area contributed by atoms with Crippen LogP contribution in [0.5, 0.6) is 0 Å². The molecule has 0 saturated heterocycles. The van der Waals surface area contributed by atoms with Crippen molar-refractivity contribution in [2.45, 2.75) is 6.54 Å². The zero-order valence-corrected chi connectivity index (χ0v) is 10.8. The Morgan fingerprint density at radius 3 is 2.77 bits per heavy atom. The van der Waals surface area contributed by atoms with E-state index in [1.54, 1.807) is 0 Å². The quantitative estimate of drug-likeness (QED) is 0.772. The fraction of sp³-hybridized carbons (Fsp3) is 0.400. The first-order valence-electron chi connectivity index (χ1n) is 4.21. The van der Waals surface area contributed by atoms with Crippen molar-refractivity contribution in [1.82, 2.24) is 4.90 Å². The summed E-state index contributed by atoms with van der Waals surface area (Å²) in [6.45, 7) is 2.08. The molecule has 0 aliphatic carbocycles. The van der Waals surface area contributed by atoms with Crippen molar-refractivity contribution in [3.05, 3.63) is 34.3 Å². The molecule has 0 amide bonds. The fourth-order valence-corrected chi connectivity index (χ4v) is 2.22. The molecule has 0 atom stereocenters. The Morgan fingerprint density at radius 2 is 2.15 bits per heavy atom. The highest BCUT2D eigenvalue weighted by Gasteiger charge is 1.98. The van der Waals surface area contributed by atoms with Gasteiger partial charge in [-0.15, -0.1) is 0 Å². The first kappa shape index (κ1) is 11.2. The van der Waals surface area contributed by atoms with Gasteiger partial charge in [0.15, 0.2) is 0 Å². The lowest BCUT2D eigenvalue weighted by Gasteiger charge is -2.14. The van der Waals surface area contributed by atoms with Crippen LogP contribution in [0.4, 0.5) is 0 Å². The number of halogens is 2. The van der Waals surface area contributed by atoms with Gasteiger partial charge < -0.3 is 4.90 Å². The molecular formula is C10H13Br2N. The van der Waals surface area contributed by atoms with Crippen LogP contribution in [0, 0.1) is 0 Å². The molecule has 0 spiro atoms. The van der Waals surface area contributed by atoms with E-state index in [0.29, 0.717) is 0 Å². The number of rotatable bonds is 4. The molecule has 72 valence electrons. The van der Waals surface area contributed by atoms with Gasteiger partial charge in [0.05, 0.1) is 0 Å². The molecule has 13 heavy (non-hydrogen) atoms. The van der Waals surface area contributed by atoms with Crippen LogP contribution in [0.3, 0.4) is 0 Å². The van der Waals surface area contributed by atoms with Crippen molar-refractivity contribution >= 4 is 31.9 Å². The molecule has 1 aromatic rings. The Morgan fingerprint density at radius 1 is 1.38 bits per heavy atom. The summed E-state index contributed by atoms with van der Waals surface area (Å²) in [6.07, 6.45) is 0. The molecule has 0 unspecified atom stereocenters. The molecule has 1 aromatic carbocycles. The lowest BCUT2D eigenvalue weighted by atomic mass is 10.2. The highest BCUT2D eigenvalue weighted by atomic mass is 79.9. The molecule has 0 aliphatic rings. The predicted molar refractivity (Wildman–Crippen MR) is 64.3 cm³/mol. The molecule has 0 saturated carbocycles. The van der Waals surface area contributed by atoms with E-state index in [4.69, 9.17) is 0 Å². The van der Waals surface area contributed by atoms with Crippen LogP contribution in [-0.4, -0.2) is 23.8 Å². The Balaban J connectivity index is 2.53. The van der Waals surface area contributed by atoms with E-state index >= 15 is 0 Å². The van der Waals surface area contributed by atoms with Crippen molar-refractivity contribution in [1.29, 1.82) is 0 Å². The van der Waals surface area contributed by atoms with Gasteiger partial charge in [0.2, 0.25) is 0 Å². The number of benzene rings is 1. The van der Waals surface area contributed by atoms with Gasteiger partial charge in [0.1, 0.15) is 0 Å². The Hall–Kier alpha value is 0.140. The first-order chi connectivity index (χ1) is 6.22. The van der Waals surface area contributed by atoms with Gasteiger partial charge in [0, 0.05) is 22.9 Å². The Bertz CT molecular complexity index is 263. The van der Waals surface area contributed by atoms with Gasteiger partial charge in [-0.1, -0.05) is 44.0 Å². The van der Waals surface area contributed by atoms with Gasteiger partial charge in [-0.25, -0.2) is 0 Å². The van der Waals surface area contributed by atoms with Crippen molar-refractivity contribution in [3.8, 4) is 0 Å². The summed E-state index contributed by atoms with van der Waals surface area (Å²) in [6, 6.07) is 8.43. The average molecular weight is 307 g/mol. The maximum Gasteiger partial charge on any atom is 0.0231 e. The number of hydrogen-bond acceptors (Lipinski definition) is 1. The second kappa shape index (κ2) is 5.78. The molecule has 0 N–H and O–H groups in total. The van der Waals surface area contributed by atoms with Crippen LogP contribution in [0.2, 0.25) is 0 Å². The molecule has 0 aliphatic heterocycles. The maximum absolute atomic E-state index is 3.46. The number of alkyl halides is 1. The summed E-state index contributed by atoms with van der Waals surface area (Å²) in [5.41, 5.74) is 1.35. The van der Waals surface area contributed by atoms with Gasteiger partial charge in [-0.3, -0.25) is 0 Å². The van der Waals surface area contributed by atoms with E-state index in [-0.39, 0.29) is 0 Å². The summed E-state index contributed by atoms with van der Waals surface area (Å²) in [5.74, 6) is 0. The third-order valence-corrected chi connectivity index (χ3v) is 2.66. The van der Waals surface area contributed by atoms with Crippen LogP contribution in [0.15, 0.2) is 28.7 Å². The molecule has 3 heteroatoms. The van der Waals surface area contributed by atoms with Crippen LogP contribution < -0.4 is 0 Å². The number of nitrogens with zero attached hydrogens (tertiary/aromatic N) is 1. The van der Waals surface area contributed by atoms with E-state index in [1.807, 2.05) is 6.07 Å². The van der Waals surface area contributed by atoms with Crippen LogP contribution >= 0.6 is 31.9 Å². The molecule has 0 fully saturated rings. The van der Waals surface area contributed by atoms with E-state index in [9.17, 15) is 0 Å². The van der Waals surface area contributed by atoms with Gasteiger partial charge >= 0.3 is 0 Å². The minimum atomic E-state index is 1.00. The molecule has 0 bridgehead atoms.